The molecule has 0 bridgehead atoms. The van der Waals surface area contributed by atoms with Gasteiger partial charge in [-0.05, 0) is 48.7 Å². The van der Waals surface area contributed by atoms with Gasteiger partial charge in [-0.2, -0.15) is 0 Å². The Bertz CT molecular complexity index is 906. The first kappa shape index (κ1) is 18.8. The van der Waals surface area contributed by atoms with Crippen molar-refractivity contribution in [3.63, 3.8) is 0 Å². The average molecular weight is 362 g/mol. The Balaban J connectivity index is 1.58. The van der Waals surface area contributed by atoms with Crippen molar-refractivity contribution < 1.29 is 4.79 Å². The number of nitrogens with two attached hydrogens (primary N) is 1. The van der Waals surface area contributed by atoms with Crippen LogP contribution in [-0.4, -0.2) is 15.9 Å². The number of nitrogens with zero attached hydrogens (tertiary/aromatic N) is 2. The fraction of sp³-hybridized carbons (Fsp3) is 0.318. The van der Waals surface area contributed by atoms with Crippen molar-refractivity contribution in [2.24, 2.45) is 0 Å². The van der Waals surface area contributed by atoms with E-state index < -0.39 is 0 Å². The first-order valence-corrected chi connectivity index (χ1v) is 9.58. The van der Waals surface area contributed by atoms with Crippen LogP contribution in [0.2, 0.25) is 0 Å². The zero-order chi connectivity index (χ0) is 19.1. The van der Waals surface area contributed by atoms with Gasteiger partial charge in [0.1, 0.15) is 0 Å². The lowest BCUT2D eigenvalue weighted by Gasteiger charge is -2.08. The largest absolute Gasteiger partial charge is 0.368 e. The van der Waals surface area contributed by atoms with E-state index in [0.717, 1.165) is 17.3 Å². The van der Waals surface area contributed by atoms with Gasteiger partial charge < -0.3 is 11.1 Å². The van der Waals surface area contributed by atoms with E-state index >= 15 is 0 Å². The molecule has 0 aliphatic carbocycles. The van der Waals surface area contributed by atoms with Crippen LogP contribution in [0.5, 0.6) is 0 Å². The minimum absolute atomic E-state index is 0.125. The van der Waals surface area contributed by atoms with Crippen molar-refractivity contribution in [3.05, 3.63) is 59.8 Å². The number of nitrogens with one attached hydrogen (secondary N) is 1. The summed E-state index contributed by atoms with van der Waals surface area (Å²) in [5.74, 6) is 0.116. The molecule has 3 N–H and O–H groups in total. The number of fused-ring (bicyclic) bond motifs is 1. The van der Waals surface area contributed by atoms with Crippen LogP contribution in [0.3, 0.4) is 0 Å². The van der Waals surface area contributed by atoms with E-state index in [-0.39, 0.29) is 11.9 Å². The lowest BCUT2D eigenvalue weighted by atomic mass is 10.0. The number of hydrogen-bond donors (Lipinski definition) is 2. The zero-order valence-electron chi connectivity index (χ0n) is 15.7. The minimum Gasteiger partial charge on any atom is -0.368 e. The van der Waals surface area contributed by atoms with E-state index in [0.29, 0.717) is 11.3 Å². The topological polar surface area (TPSA) is 80.9 Å². The maximum atomic E-state index is 12.5. The summed E-state index contributed by atoms with van der Waals surface area (Å²) in [4.78, 5) is 20.6. The molecule has 0 saturated carbocycles. The van der Waals surface area contributed by atoms with Gasteiger partial charge in [-0.1, -0.05) is 44.7 Å². The van der Waals surface area contributed by atoms with Gasteiger partial charge in [0.05, 0.1) is 5.52 Å². The van der Waals surface area contributed by atoms with Crippen LogP contribution in [-0.2, 0) is 6.42 Å². The minimum atomic E-state index is -0.125. The fourth-order valence-electron chi connectivity index (χ4n) is 3.08. The Labute approximate surface area is 160 Å². The molecule has 0 radical (unpaired) electrons. The Kier molecular flexibility index (Phi) is 6.36. The van der Waals surface area contributed by atoms with E-state index in [2.05, 4.69) is 22.2 Å². The monoisotopic (exact) mass is 362 g/mol. The zero-order valence-corrected chi connectivity index (χ0v) is 15.7. The van der Waals surface area contributed by atoms with Gasteiger partial charge in [-0.25, -0.2) is 9.97 Å². The third-order valence-electron chi connectivity index (χ3n) is 4.64. The summed E-state index contributed by atoms with van der Waals surface area (Å²) in [6.45, 7) is 2.23. The first-order chi connectivity index (χ1) is 13.2. The van der Waals surface area contributed by atoms with Crippen molar-refractivity contribution in [2.45, 2.75) is 45.4 Å². The SMILES string of the molecule is CCCCCCCc1ccc(C(=O)Nc2ccc3nc(N)ncc3c2)cc1. The van der Waals surface area contributed by atoms with Crippen molar-refractivity contribution in [1.29, 1.82) is 0 Å². The Morgan fingerprint density at radius 1 is 1.04 bits per heavy atom. The highest BCUT2D eigenvalue weighted by molar-refractivity contribution is 6.05. The van der Waals surface area contributed by atoms with Crippen LogP contribution in [0.25, 0.3) is 10.9 Å². The molecule has 0 aliphatic rings. The molecule has 140 valence electrons. The Morgan fingerprint density at radius 2 is 1.81 bits per heavy atom. The van der Waals surface area contributed by atoms with Crippen molar-refractivity contribution in [2.75, 3.05) is 11.1 Å². The van der Waals surface area contributed by atoms with E-state index in [1.807, 2.05) is 42.5 Å². The molecule has 0 spiro atoms. The van der Waals surface area contributed by atoms with Gasteiger partial charge in [-0.15, -0.1) is 0 Å². The lowest BCUT2D eigenvalue weighted by molar-refractivity contribution is 0.102. The van der Waals surface area contributed by atoms with E-state index in [1.165, 1.54) is 37.7 Å². The average Bonchev–Trinajstić information content (AvgIpc) is 2.68. The number of hydrogen-bond acceptors (Lipinski definition) is 4. The predicted octanol–water partition coefficient (Wildman–Crippen LogP) is 4.98. The van der Waals surface area contributed by atoms with E-state index in [9.17, 15) is 4.79 Å². The third-order valence-corrected chi connectivity index (χ3v) is 4.64. The van der Waals surface area contributed by atoms with E-state index in [1.54, 1.807) is 6.20 Å². The Morgan fingerprint density at radius 3 is 2.59 bits per heavy atom. The molecule has 1 amide bonds. The van der Waals surface area contributed by atoms with Crippen LogP contribution in [0.4, 0.5) is 11.6 Å². The van der Waals surface area contributed by atoms with Gasteiger partial charge in [-0.3, -0.25) is 4.79 Å². The molecular formula is C22H26N4O. The summed E-state index contributed by atoms with van der Waals surface area (Å²) in [6, 6.07) is 13.4. The second-order valence-electron chi connectivity index (χ2n) is 6.82. The number of anilines is 2. The molecule has 0 aliphatic heterocycles. The molecule has 0 fully saturated rings. The second kappa shape index (κ2) is 9.12. The van der Waals surface area contributed by atoms with E-state index in [4.69, 9.17) is 5.73 Å². The maximum Gasteiger partial charge on any atom is 0.255 e. The highest BCUT2D eigenvalue weighted by Gasteiger charge is 2.07. The second-order valence-corrected chi connectivity index (χ2v) is 6.82. The number of amides is 1. The van der Waals surface area contributed by atoms with Crippen LogP contribution in [0.15, 0.2) is 48.7 Å². The van der Waals surface area contributed by atoms with Gasteiger partial charge in [0.25, 0.3) is 5.91 Å². The van der Waals surface area contributed by atoms with Gasteiger partial charge in [0, 0.05) is 22.8 Å². The molecule has 2 aromatic carbocycles. The highest BCUT2D eigenvalue weighted by atomic mass is 16.1. The highest BCUT2D eigenvalue weighted by Crippen LogP contribution is 2.18. The normalized spacial score (nSPS) is 10.9. The third kappa shape index (κ3) is 5.26. The smallest absolute Gasteiger partial charge is 0.255 e. The Hall–Kier alpha value is -2.95. The number of carbonyl (C=O) groups is 1. The molecular weight excluding hydrogens is 336 g/mol. The summed E-state index contributed by atoms with van der Waals surface area (Å²) >= 11 is 0. The lowest BCUT2D eigenvalue weighted by Crippen LogP contribution is -2.11. The molecule has 0 unspecified atom stereocenters. The molecule has 0 atom stereocenters. The number of rotatable bonds is 8. The van der Waals surface area contributed by atoms with Crippen LogP contribution in [0.1, 0.15) is 54.9 Å². The summed E-state index contributed by atoms with van der Waals surface area (Å²) in [7, 11) is 0. The summed E-state index contributed by atoms with van der Waals surface area (Å²) in [5.41, 5.74) is 8.99. The predicted molar refractivity (Wildman–Crippen MR) is 111 cm³/mol. The maximum absolute atomic E-state index is 12.5. The van der Waals surface area contributed by atoms with Crippen molar-refractivity contribution in [3.8, 4) is 0 Å². The summed E-state index contributed by atoms with van der Waals surface area (Å²) < 4.78 is 0. The molecule has 3 rings (SSSR count). The standard InChI is InChI=1S/C22H26N4O/c1-2-3-4-5-6-7-16-8-10-17(11-9-16)21(27)25-19-12-13-20-18(14-19)15-24-22(23)26-20/h8-15H,2-7H2,1H3,(H,25,27)(H2,23,24,26). The number of benzene rings is 2. The molecule has 0 saturated heterocycles. The van der Waals surface area contributed by atoms with Gasteiger partial charge >= 0.3 is 0 Å². The van der Waals surface area contributed by atoms with Crippen LogP contribution >= 0.6 is 0 Å². The molecule has 1 heterocycles. The number of aryl methyl sites for hydroxylation is 1. The van der Waals surface area contributed by atoms with Gasteiger partial charge in [0.2, 0.25) is 5.95 Å². The molecule has 3 aromatic rings. The van der Waals surface area contributed by atoms with Crippen LogP contribution in [0, 0.1) is 0 Å². The molecule has 5 heteroatoms. The van der Waals surface area contributed by atoms with Crippen molar-refractivity contribution >= 4 is 28.4 Å². The van der Waals surface area contributed by atoms with Crippen LogP contribution < -0.4 is 11.1 Å². The number of unbranched alkanes of at least 4 members (excludes halogenated alkanes) is 4. The number of nitrogen functional groups attached to an aromatic ring is 1. The number of aromatic nitrogens is 2. The molecule has 1 aromatic heterocycles. The quantitative estimate of drug-likeness (QED) is 0.554. The fourth-order valence-corrected chi connectivity index (χ4v) is 3.08. The van der Waals surface area contributed by atoms with Gasteiger partial charge in [0.15, 0.2) is 0 Å². The number of carbonyl (C=O) groups excluding carboxylic acids is 1. The molecule has 5 nitrogen and oxygen atoms in total. The summed E-state index contributed by atoms with van der Waals surface area (Å²) in [6.07, 6.45) is 9.08. The van der Waals surface area contributed by atoms with Crippen molar-refractivity contribution in [1.82, 2.24) is 9.97 Å². The molecule has 27 heavy (non-hydrogen) atoms. The summed E-state index contributed by atoms with van der Waals surface area (Å²) in [5, 5.41) is 3.76. The first-order valence-electron chi connectivity index (χ1n) is 9.58.